The summed E-state index contributed by atoms with van der Waals surface area (Å²) in [7, 11) is 0. The van der Waals surface area contributed by atoms with E-state index in [1.54, 1.807) is 28.8 Å². The molecule has 3 heteroatoms. The van der Waals surface area contributed by atoms with E-state index in [2.05, 4.69) is 154 Å². The van der Waals surface area contributed by atoms with Crippen LogP contribution in [-0.2, 0) is 43.9 Å². The number of benzene rings is 3. The van der Waals surface area contributed by atoms with Crippen molar-refractivity contribution in [3.63, 3.8) is 0 Å². The monoisotopic (exact) mass is 718 g/mol. The van der Waals surface area contributed by atoms with Gasteiger partial charge in [0.1, 0.15) is 0 Å². The molecule has 0 aromatic heterocycles. The summed E-state index contributed by atoms with van der Waals surface area (Å²) in [6.07, 6.45) is 3.65. The number of halogens is 2. The van der Waals surface area contributed by atoms with Crippen molar-refractivity contribution >= 4 is 6.98 Å². The van der Waals surface area contributed by atoms with E-state index in [1.807, 2.05) is 0 Å². The summed E-state index contributed by atoms with van der Waals surface area (Å²) in [5.74, 6) is 1.05. The zero-order valence-corrected chi connectivity index (χ0v) is 33.9. The first-order valence-corrected chi connectivity index (χ1v) is 20.3. The Morgan fingerprint density at radius 2 is 1.29 bits per heavy atom. The third kappa shape index (κ3) is 7.48. The first-order valence-electron chi connectivity index (χ1n) is 16.4. The third-order valence-electron chi connectivity index (χ3n) is 9.74. The van der Waals surface area contributed by atoms with Crippen molar-refractivity contribution in [2.45, 2.75) is 113 Å². The van der Waals surface area contributed by atoms with Gasteiger partial charge >= 0.3 is 272 Å². The van der Waals surface area contributed by atoms with E-state index in [0.29, 0.717) is 11.8 Å². The summed E-state index contributed by atoms with van der Waals surface area (Å²) >= 11 is -2.61. The van der Waals surface area contributed by atoms with E-state index < -0.39 is 21.3 Å². The number of rotatable bonds is 4. The molecule has 2 aliphatic rings. The molecule has 0 saturated carbocycles. The van der Waals surface area contributed by atoms with Crippen LogP contribution >= 0.6 is 0 Å². The van der Waals surface area contributed by atoms with Gasteiger partial charge in [-0.15, -0.1) is 0 Å². The number of allylic oxidation sites excluding steroid dienone is 4. The van der Waals surface area contributed by atoms with Crippen molar-refractivity contribution in [2.75, 3.05) is 0 Å². The van der Waals surface area contributed by atoms with E-state index in [0.717, 1.165) is 6.42 Å². The second-order valence-electron chi connectivity index (χ2n) is 16.6. The Hall–Kier alpha value is -1.53. The molecule has 2 aliphatic carbocycles. The summed E-state index contributed by atoms with van der Waals surface area (Å²) in [4.78, 5) is 0. The third-order valence-corrected chi connectivity index (χ3v) is 17.5. The van der Waals surface area contributed by atoms with Crippen molar-refractivity contribution in [1.29, 1.82) is 0 Å². The fourth-order valence-electron chi connectivity index (χ4n) is 7.25. The fourth-order valence-corrected chi connectivity index (χ4v) is 15.9. The SMILES string of the molecule is CC1=[C](/[Zr+2](=[CH]/c2ccc(C(C)(C)C)cc2)[c]2c(C(C)(C)C)ccc3c2Cc2cc(C(C)(C)C)ccc2-3)C(C)C=C1C(C)C.[Cl-].[Cl-]. The van der Waals surface area contributed by atoms with E-state index in [1.165, 1.54) is 33.4 Å². The van der Waals surface area contributed by atoms with Crippen molar-refractivity contribution in [3.8, 4) is 11.1 Å². The van der Waals surface area contributed by atoms with Gasteiger partial charge in [0.2, 0.25) is 0 Å². The number of fused-ring (bicyclic) bond motifs is 3. The van der Waals surface area contributed by atoms with Crippen molar-refractivity contribution in [3.05, 3.63) is 108 Å². The van der Waals surface area contributed by atoms with E-state index in [-0.39, 0.29) is 41.1 Å². The minimum Gasteiger partial charge on any atom is -1.00 e. The molecule has 45 heavy (non-hydrogen) atoms. The second-order valence-corrected chi connectivity index (χ2v) is 21.9. The van der Waals surface area contributed by atoms with Gasteiger partial charge in [-0.3, -0.25) is 0 Å². The Morgan fingerprint density at radius 1 is 0.733 bits per heavy atom. The van der Waals surface area contributed by atoms with Gasteiger partial charge < -0.3 is 24.8 Å². The van der Waals surface area contributed by atoms with Crippen LogP contribution in [-0.4, -0.2) is 3.71 Å². The average Bonchev–Trinajstić information content (AvgIpc) is 3.41. The molecule has 0 amide bonds. The summed E-state index contributed by atoms with van der Waals surface area (Å²) < 4.78 is 6.30. The minimum atomic E-state index is -2.61. The molecular formula is C42H54Cl2Zr. The van der Waals surface area contributed by atoms with Gasteiger partial charge in [-0.2, -0.15) is 0 Å². The zero-order valence-electron chi connectivity index (χ0n) is 30.0. The van der Waals surface area contributed by atoms with Crippen LogP contribution in [0.25, 0.3) is 11.1 Å². The van der Waals surface area contributed by atoms with Gasteiger partial charge in [-0.05, 0) is 0 Å². The molecule has 240 valence electrons. The Balaban J connectivity index is 0.00000276. The van der Waals surface area contributed by atoms with Crippen LogP contribution in [0.15, 0.2) is 75.1 Å². The van der Waals surface area contributed by atoms with Gasteiger partial charge in [0.15, 0.2) is 0 Å². The van der Waals surface area contributed by atoms with E-state index in [9.17, 15) is 0 Å². The summed E-state index contributed by atoms with van der Waals surface area (Å²) in [5, 5.41) is 0. The summed E-state index contributed by atoms with van der Waals surface area (Å²) in [6.45, 7) is 30.9. The second kappa shape index (κ2) is 13.5. The molecule has 0 aliphatic heterocycles. The van der Waals surface area contributed by atoms with Crippen LogP contribution in [0.4, 0.5) is 0 Å². The normalized spacial score (nSPS) is 16.3. The average molecular weight is 721 g/mol. The molecule has 0 radical (unpaired) electrons. The summed E-state index contributed by atoms with van der Waals surface area (Å²) in [6, 6.07) is 21.8. The Bertz CT molecular complexity index is 1660. The maximum atomic E-state index is 2.79. The molecule has 3 aromatic rings. The van der Waals surface area contributed by atoms with Crippen molar-refractivity contribution < 1.29 is 46.1 Å². The predicted octanol–water partition coefficient (Wildman–Crippen LogP) is 4.76. The first-order chi connectivity index (χ1) is 19.9. The van der Waals surface area contributed by atoms with Crippen LogP contribution in [0.3, 0.4) is 0 Å². The van der Waals surface area contributed by atoms with Crippen molar-refractivity contribution in [1.82, 2.24) is 0 Å². The number of hydrogen-bond acceptors (Lipinski definition) is 0. The Kier molecular flexibility index (Phi) is 11.4. The van der Waals surface area contributed by atoms with Gasteiger partial charge in [-0.25, -0.2) is 0 Å². The quantitative estimate of drug-likeness (QED) is 0.286. The largest absolute Gasteiger partial charge is 1.00 e. The molecule has 0 N–H and O–H groups in total. The van der Waals surface area contributed by atoms with Gasteiger partial charge in [0.05, 0.1) is 0 Å². The van der Waals surface area contributed by atoms with Gasteiger partial charge in [-0.1, -0.05) is 0 Å². The molecule has 0 nitrogen and oxygen atoms in total. The molecule has 1 atom stereocenters. The molecule has 0 spiro atoms. The van der Waals surface area contributed by atoms with Crippen LogP contribution in [0.1, 0.15) is 123 Å². The van der Waals surface area contributed by atoms with E-state index in [4.69, 9.17) is 0 Å². The molecule has 1 unspecified atom stereocenters. The Morgan fingerprint density at radius 3 is 1.80 bits per heavy atom. The first kappa shape index (κ1) is 37.9. The minimum absolute atomic E-state index is 0. The molecular weight excluding hydrogens is 667 g/mol. The molecule has 0 heterocycles. The van der Waals surface area contributed by atoms with Crippen LogP contribution in [0, 0.1) is 11.8 Å². The zero-order chi connectivity index (χ0) is 31.6. The smallest absolute Gasteiger partial charge is 1.00 e. The van der Waals surface area contributed by atoms with E-state index >= 15 is 0 Å². The van der Waals surface area contributed by atoms with Crippen LogP contribution in [0.5, 0.6) is 0 Å². The fraction of sp³-hybridized carbons (Fsp3) is 0.452. The van der Waals surface area contributed by atoms with Crippen molar-refractivity contribution in [2.24, 2.45) is 11.8 Å². The predicted molar refractivity (Wildman–Crippen MR) is 187 cm³/mol. The molecule has 3 aromatic carbocycles. The van der Waals surface area contributed by atoms with Gasteiger partial charge in [0, 0.05) is 0 Å². The topological polar surface area (TPSA) is 0 Å². The molecule has 0 fully saturated rings. The molecule has 0 bridgehead atoms. The molecule has 0 saturated heterocycles. The van der Waals surface area contributed by atoms with Gasteiger partial charge in [0.25, 0.3) is 0 Å². The summed E-state index contributed by atoms with van der Waals surface area (Å²) in [5.41, 5.74) is 15.4. The maximum absolute atomic E-state index is 2.79. The Labute approximate surface area is 295 Å². The molecule has 5 rings (SSSR count). The number of hydrogen-bond donors (Lipinski definition) is 0. The standard InChI is InChI=1S/C21H25.C11H14.C10H15.2ClH.Zr/c1-20(2,3)16-7-9-18-14(12-16)11-15-13-17(21(4,5)6)8-10-19(15)18;1-9-5-7-10(8-6-9)11(2,3)4;1-7(2)10-6-8(3)5-9(10)4;;;/h7-10,12H,11H2,1-6H3;1,5-8H,2-4H3;6-8H,1-4H3;2*1H;/q;;;;;+2/p-2. The van der Waals surface area contributed by atoms with Crippen LogP contribution < -0.4 is 28.1 Å². The van der Waals surface area contributed by atoms with Crippen LogP contribution in [0.2, 0.25) is 0 Å². The maximum Gasteiger partial charge on any atom is -1.00 e.